The molecule has 2 heterocycles. The van der Waals surface area contributed by atoms with E-state index in [1.54, 1.807) is 18.2 Å². The topological polar surface area (TPSA) is 124 Å². The second-order valence-electron chi connectivity index (χ2n) is 10.4. The van der Waals surface area contributed by atoms with E-state index < -0.39 is 21.7 Å². The number of nitrogen functional groups attached to an aromatic ring is 1. The number of nitrogens with two attached hydrogens (primary N) is 1. The molecule has 0 bridgehead atoms. The van der Waals surface area contributed by atoms with Crippen LogP contribution in [0.4, 0.5) is 10.2 Å². The molecule has 202 valence electrons. The van der Waals surface area contributed by atoms with Crippen LogP contribution in [0, 0.1) is 23.6 Å². The van der Waals surface area contributed by atoms with Gasteiger partial charge in [0.25, 0.3) is 15.9 Å². The molecule has 38 heavy (non-hydrogen) atoms. The van der Waals surface area contributed by atoms with Crippen LogP contribution in [0.25, 0.3) is 11.3 Å². The maximum absolute atomic E-state index is 14.5. The monoisotopic (exact) mass is 540 g/mol. The Balaban J connectivity index is 1.74. The quantitative estimate of drug-likeness (QED) is 0.404. The SMILES string of the molecule is CC(C)COc1cc(F)cc(-c2ccc(C(=O)NS(=O)(=O)c3cccc(N)n3)c(C3[C@H](C)CC[C@@H]3C)n2)c1. The second-order valence-corrected chi connectivity index (χ2v) is 12.0. The van der Waals surface area contributed by atoms with Crippen molar-refractivity contribution in [2.75, 3.05) is 12.3 Å². The molecule has 0 spiro atoms. The molecule has 1 aromatic carbocycles. The van der Waals surface area contributed by atoms with Crippen molar-refractivity contribution < 1.29 is 22.3 Å². The van der Waals surface area contributed by atoms with Crippen LogP contribution in [-0.4, -0.2) is 30.9 Å². The van der Waals surface area contributed by atoms with E-state index in [0.29, 0.717) is 29.3 Å². The first-order valence-electron chi connectivity index (χ1n) is 12.7. The van der Waals surface area contributed by atoms with Crippen molar-refractivity contribution in [3.63, 3.8) is 0 Å². The number of nitrogens with one attached hydrogen (secondary N) is 1. The molecule has 3 aromatic rings. The number of pyridine rings is 2. The molecule has 0 saturated heterocycles. The standard InChI is InChI=1S/C28H33FN4O4S/c1-16(2)15-37-21-13-19(12-20(29)14-21)23-11-10-22(27(31-23)26-17(3)8-9-18(26)4)28(34)33-38(35,36)25-7-5-6-24(30)32-25/h5-7,10-14,16-18,26H,8-9,15H2,1-4H3,(H2,30,32)(H,33,34)/t17-,18+,26?. The zero-order chi connectivity index (χ0) is 27.6. The summed E-state index contributed by atoms with van der Waals surface area (Å²) in [4.78, 5) is 22.0. The summed E-state index contributed by atoms with van der Waals surface area (Å²) in [6.07, 6.45) is 1.91. The molecular formula is C28H33FN4O4S. The summed E-state index contributed by atoms with van der Waals surface area (Å²) in [7, 11) is -4.27. The van der Waals surface area contributed by atoms with Crippen molar-refractivity contribution in [1.82, 2.24) is 14.7 Å². The molecule has 10 heteroatoms. The highest BCUT2D eigenvalue weighted by Crippen LogP contribution is 2.44. The minimum absolute atomic E-state index is 0.0208. The highest BCUT2D eigenvalue weighted by Gasteiger charge is 2.36. The summed E-state index contributed by atoms with van der Waals surface area (Å²) in [6.45, 7) is 8.64. The van der Waals surface area contributed by atoms with Crippen molar-refractivity contribution in [2.45, 2.75) is 51.5 Å². The number of rotatable bonds is 8. The van der Waals surface area contributed by atoms with Crippen LogP contribution in [0.1, 0.15) is 62.5 Å². The molecule has 2 aromatic heterocycles. The van der Waals surface area contributed by atoms with Gasteiger partial charge in [0.2, 0.25) is 0 Å². The molecule has 1 saturated carbocycles. The predicted molar refractivity (Wildman–Crippen MR) is 144 cm³/mol. The first-order valence-corrected chi connectivity index (χ1v) is 14.2. The Hall–Kier alpha value is -3.53. The van der Waals surface area contributed by atoms with Gasteiger partial charge >= 0.3 is 0 Å². The minimum Gasteiger partial charge on any atom is -0.493 e. The lowest BCUT2D eigenvalue weighted by Gasteiger charge is -2.23. The van der Waals surface area contributed by atoms with E-state index in [-0.39, 0.29) is 40.1 Å². The molecule has 1 aliphatic carbocycles. The van der Waals surface area contributed by atoms with E-state index in [0.717, 1.165) is 12.8 Å². The number of benzene rings is 1. The van der Waals surface area contributed by atoms with Gasteiger partial charge in [-0.2, -0.15) is 8.42 Å². The molecule has 1 fully saturated rings. The van der Waals surface area contributed by atoms with Crippen molar-refractivity contribution >= 4 is 21.7 Å². The van der Waals surface area contributed by atoms with Gasteiger partial charge in [0.1, 0.15) is 17.4 Å². The summed E-state index contributed by atoms with van der Waals surface area (Å²) >= 11 is 0. The van der Waals surface area contributed by atoms with Crippen molar-refractivity contribution in [2.24, 2.45) is 17.8 Å². The van der Waals surface area contributed by atoms with Gasteiger partial charge in [-0.05, 0) is 67.0 Å². The highest BCUT2D eigenvalue weighted by molar-refractivity contribution is 7.90. The third-order valence-corrected chi connectivity index (χ3v) is 8.02. The van der Waals surface area contributed by atoms with Gasteiger partial charge in [0, 0.05) is 17.5 Å². The lowest BCUT2D eigenvalue weighted by molar-refractivity contribution is 0.0979. The minimum atomic E-state index is -4.27. The summed E-state index contributed by atoms with van der Waals surface area (Å²) < 4.78 is 48.1. The van der Waals surface area contributed by atoms with Crippen molar-refractivity contribution in [3.8, 4) is 17.0 Å². The molecular weight excluding hydrogens is 507 g/mol. The Morgan fingerprint density at radius 2 is 1.82 bits per heavy atom. The number of carbonyl (C=O) groups excluding carboxylic acids is 1. The normalized spacial score (nSPS) is 19.5. The maximum atomic E-state index is 14.5. The first-order chi connectivity index (χ1) is 17.9. The summed E-state index contributed by atoms with van der Waals surface area (Å²) in [5, 5.41) is -0.353. The smallest absolute Gasteiger partial charge is 0.281 e. The third kappa shape index (κ3) is 6.12. The summed E-state index contributed by atoms with van der Waals surface area (Å²) in [5.41, 5.74) is 7.24. The largest absolute Gasteiger partial charge is 0.493 e. The van der Waals surface area contributed by atoms with Crippen LogP contribution >= 0.6 is 0 Å². The lowest BCUT2D eigenvalue weighted by atomic mass is 9.85. The fraction of sp³-hybridized carbons (Fsp3) is 0.393. The number of halogens is 1. The number of nitrogens with zero attached hydrogens (tertiary/aromatic N) is 2. The molecule has 8 nitrogen and oxygen atoms in total. The molecule has 1 unspecified atom stereocenters. The van der Waals surface area contributed by atoms with Crippen LogP contribution in [0.5, 0.6) is 5.75 Å². The number of aromatic nitrogens is 2. The number of amides is 1. The number of ether oxygens (including phenoxy) is 1. The van der Waals surface area contributed by atoms with Crippen LogP contribution in [0.15, 0.2) is 53.6 Å². The zero-order valence-corrected chi connectivity index (χ0v) is 22.8. The molecule has 3 atom stereocenters. The Morgan fingerprint density at radius 1 is 1.11 bits per heavy atom. The number of sulfonamides is 1. The second kappa shape index (κ2) is 11.1. The van der Waals surface area contributed by atoms with E-state index in [4.69, 9.17) is 15.5 Å². The average Bonchev–Trinajstić information content (AvgIpc) is 3.19. The predicted octanol–water partition coefficient (Wildman–Crippen LogP) is 5.17. The Labute approximate surface area is 222 Å². The fourth-order valence-electron chi connectivity index (χ4n) is 4.93. The number of anilines is 1. The molecule has 4 rings (SSSR count). The Bertz CT molecular complexity index is 1430. The summed E-state index contributed by atoms with van der Waals surface area (Å²) in [5.74, 6) is -0.213. The maximum Gasteiger partial charge on any atom is 0.281 e. The molecule has 3 N–H and O–H groups in total. The van der Waals surface area contributed by atoms with E-state index in [2.05, 4.69) is 23.6 Å². The van der Waals surface area contributed by atoms with Gasteiger partial charge in [-0.1, -0.05) is 33.8 Å². The third-order valence-electron chi connectivity index (χ3n) is 6.79. The lowest BCUT2D eigenvalue weighted by Crippen LogP contribution is -2.33. The number of hydrogen-bond donors (Lipinski definition) is 2. The summed E-state index contributed by atoms with van der Waals surface area (Å²) in [6, 6.07) is 11.7. The van der Waals surface area contributed by atoms with Crippen LogP contribution in [-0.2, 0) is 10.0 Å². The van der Waals surface area contributed by atoms with Crippen LogP contribution < -0.4 is 15.2 Å². The van der Waals surface area contributed by atoms with Crippen LogP contribution in [0.3, 0.4) is 0 Å². The Morgan fingerprint density at radius 3 is 2.47 bits per heavy atom. The molecule has 1 amide bonds. The number of hydrogen-bond acceptors (Lipinski definition) is 7. The van der Waals surface area contributed by atoms with E-state index in [1.165, 1.54) is 30.3 Å². The van der Waals surface area contributed by atoms with Gasteiger partial charge in [-0.3, -0.25) is 9.78 Å². The van der Waals surface area contributed by atoms with Gasteiger partial charge in [0.15, 0.2) is 5.03 Å². The van der Waals surface area contributed by atoms with Gasteiger partial charge < -0.3 is 10.5 Å². The first kappa shape index (κ1) is 27.5. The van der Waals surface area contributed by atoms with Crippen molar-refractivity contribution in [1.29, 1.82) is 0 Å². The average molecular weight is 541 g/mol. The van der Waals surface area contributed by atoms with Gasteiger partial charge in [0.05, 0.1) is 23.6 Å². The van der Waals surface area contributed by atoms with Gasteiger partial charge in [-0.25, -0.2) is 14.1 Å². The van der Waals surface area contributed by atoms with Crippen LogP contribution in [0.2, 0.25) is 0 Å². The highest BCUT2D eigenvalue weighted by atomic mass is 32.2. The molecule has 0 radical (unpaired) electrons. The molecule has 0 aliphatic heterocycles. The zero-order valence-electron chi connectivity index (χ0n) is 21.9. The van der Waals surface area contributed by atoms with Gasteiger partial charge in [-0.15, -0.1) is 0 Å². The fourth-order valence-corrected chi connectivity index (χ4v) is 5.88. The number of carbonyl (C=O) groups is 1. The van der Waals surface area contributed by atoms with E-state index in [1.807, 2.05) is 13.8 Å². The van der Waals surface area contributed by atoms with Crippen molar-refractivity contribution in [3.05, 3.63) is 65.6 Å². The van der Waals surface area contributed by atoms with E-state index >= 15 is 0 Å². The molecule has 1 aliphatic rings. The van der Waals surface area contributed by atoms with E-state index in [9.17, 15) is 17.6 Å². The Kier molecular flexibility index (Phi) is 8.01.